The second kappa shape index (κ2) is 10.2. The zero-order valence-corrected chi connectivity index (χ0v) is 19.1. The Morgan fingerprint density at radius 1 is 1.23 bits per heavy atom. The zero-order chi connectivity index (χ0) is 21.6. The van der Waals surface area contributed by atoms with Gasteiger partial charge >= 0.3 is 0 Å². The van der Waals surface area contributed by atoms with Gasteiger partial charge < -0.3 is 14.2 Å². The molecule has 0 saturated carbocycles. The number of thiazole rings is 1. The molecule has 0 aliphatic carbocycles. The number of carbonyl (C=O) groups is 1. The fourth-order valence-electron chi connectivity index (χ4n) is 3.36. The molecular weight excluding hydrogens is 432 g/mol. The number of aromatic nitrogens is 1. The molecule has 1 N–H and O–H groups in total. The van der Waals surface area contributed by atoms with Crippen molar-refractivity contribution in [3.8, 4) is 22.8 Å². The van der Waals surface area contributed by atoms with E-state index in [1.54, 1.807) is 26.0 Å². The van der Waals surface area contributed by atoms with E-state index in [4.69, 9.17) is 14.2 Å². The van der Waals surface area contributed by atoms with Crippen LogP contribution in [0.25, 0.3) is 11.3 Å². The average Bonchev–Trinajstić information content (AvgIpc) is 3.49. The highest BCUT2D eigenvalue weighted by atomic mass is 32.2. The van der Waals surface area contributed by atoms with Crippen LogP contribution in [0, 0.1) is 0 Å². The molecule has 1 saturated heterocycles. The van der Waals surface area contributed by atoms with Crippen LogP contribution < -0.4 is 14.8 Å². The van der Waals surface area contributed by atoms with E-state index < -0.39 is 0 Å². The van der Waals surface area contributed by atoms with Crippen molar-refractivity contribution >= 4 is 34.1 Å². The summed E-state index contributed by atoms with van der Waals surface area (Å²) in [4.78, 5) is 18.5. The molecule has 2 aromatic carbocycles. The number of rotatable bonds is 8. The summed E-state index contributed by atoms with van der Waals surface area (Å²) in [5.74, 6) is 1.98. The number of hydrogen-bond donors (Lipinski definition) is 1. The number of benzene rings is 2. The molecule has 0 bridgehead atoms. The second-order valence-corrected chi connectivity index (χ2v) is 8.92. The van der Waals surface area contributed by atoms with Crippen LogP contribution in [-0.2, 0) is 4.74 Å². The molecule has 1 aromatic heterocycles. The van der Waals surface area contributed by atoms with Gasteiger partial charge in [-0.25, -0.2) is 4.98 Å². The zero-order valence-electron chi connectivity index (χ0n) is 17.4. The molecule has 8 heteroatoms. The lowest BCUT2D eigenvalue weighted by molar-refractivity contribution is 0.102. The predicted octanol–water partition coefficient (Wildman–Crippen LogP) is 5.35. The third-order valence-electron chi connectivity index (χ3n) is 4.98. The van der Waals surface area contributed by atoms with Gasteiger partial charge in [0.2, 0.25) is 0 Å². The molecule has 4 rings (SSSR count). The molecule has 1 aliphatic rings. The summed E-state index contributed by atoms with van der Waals surface area (Å²) in [7, 11) is 3.20. The van der Waals surface area contributed by atoms with Crippen LogP contribution in [0.1, 0.15) is 23.2 Å². The number of amides is 1. The summed E-state index contributed by atoms with van der Waals surface area (Å²) < 4.78 is 16.4. The smallest absolute Gasteiger partial charge is 0.258 e. The van der Waals surface area contributed by atoms with Crippen molar-refractivity contribution < 1.29 is 19.0 Å². The Hall–Kier alpha value is -2.55. The number of nitrogens with one attached hydrogen (secondary N) is 1. The van der Waals surface area contributed by atoms with Crippen LogP contribution >= 0.6 is 23.1 Å². The Labute approximate surface area is 189 Å². The summed E-state index contributed by atoms with van der Waals surface area (Å²) in [5, 5.41) is 5.40. The normalized spacial score (nSPS) is 15.6. The number of methoxy groups -OCH3 is 2. The van der Waals surface area contributed by atoms with Crippen LogP contribution in [-0.4, -0.2) is 43.6 Å². The predicted molar refractivity (Wildman–Crippen MR) is 125 cm³/mol. The van der Waals surface area contributed by atoms with Gasteiger partial charge in [0, 0.05) is 28.2 Å². The summed E-state index contributed by atoms with van der Waals surface area (Å²) in [5.41, 5.74) is 2.30. The lowest BCUT2D eigenvalue weighted by Gasteiger charge is -2.11. The van der Waals surface area contributed by atoms with Crippen molar-refractivity contribution in [1.82, 2.24) is 4.98 Å². The van der Waals surface area contributed by atoms with Crippen LogP contribution in [0.15, 0.2) is 52.7 Å². The minimum absolute atomic E-state index is 0.163. The lowest BCUT2D eigenvalue weighted by atomic mass is 10.1. The first kappa shape index (κ1) is 21.7. The van der Waals surface area contributed by atoms with Crippen molar-refractivity contribution in [3.05, 3.63) is 53.4 Å². The molecule has 2 heterocycles. The molecule has 1 aliphatic heterocycles. The summed E-state index contributed by atoms with van der Waals surface area (Å²) in [6.07, 6.45) is 2.46. The fraction of sp³-hybridized carbons (Fsp3) is 0.304. The Bertz CT molecular complexity index is 1050. The van der Waals surface area contributed by atoms with Gasteiger partial charge in [-0.15, -0.1) is 23.1 Å². The molecule has 1 fully saturated rings. The number of anilines is 1. The van der Waals surface area contributed by atoms with Gasteiger partial charge in [-0.05, 0) is 43.2 Å². The van der Waals surface area contributed by atoms with Gasteiger partial charge in [-0.1, -0.05) is 12.1 Å². The Morgan fingerprint density at radius 2 is 2.06 bits per heavy atom. The topological polar surface area (TPSA) is 69.7 Å². The van der Waals surface area contributed by atoms with Gasteiger partial charge in [-0.2, -0.15) is 0 Å². The maximum Gasteiger partial charge on any atom is 0.258 e. The number of carbonyl (C=O) groups excluding carboxylic acids is 1. The van der Waals surface area contributed by atoms with Crippen LogP contribution in [0.5, 0.6) is 11.5 Å². The number of nitrogens with zero attached hydrogens (tertiary/aromatic N) is 1. The Morgan fingerprint density at radius 3 is 2.84 bits per heavy atom. The number of ether oxygens (including phenoxy) is 3. The molecule has 1 atom stereocenters. The molecule has 31 heavy (non-hydrogen) atoms. The Balaban J connectivity index is 1.46. The van der Waals surface area contributed by atoms with Crippen LogP contribution in [0.4, 0.5) is 5.13 Å². The van der Waals surface area contributed by atoms with E-state index in [0.717, 1.165) is 41.4 Å². The first-order chi connectivity index (χ1) is 15.2. The minimum atomic E-state index is -0.163. The number of hydrogen-bond acceptors (Lipinski definition) is 7. The molecule has 1 amide bonds. The van der Waals surface area contributed by atoms with Crippen molar-refractivity contribution in [1.29, 1.82) is 0 Å². The van der Waals surface area contributed by atoms with Crippen molar-refractivity contribution in [2.75, 3.05) is 31.9 Å². The Kier molecular flexibility index (Phi) is 7.11. The van der Waals surface area contributed by atoms with Crippen molar-refractivity contribution in [3.63, 3.8) is 0 Å². The van der Waals surface area contributed by atoms with E-state index in [0.29, 0.717) is 22.2 Å². The third kappa shape index (κ3) is 5.20. The molecule has 1 unspecified atom stereocenters. The molecular formula is C23H24N2O4S2. The SMILES string of the molecule is COc1ccc(-c2csc(NC(=O)c3ccccc3SCC3CCCO3)n2)cc1OC. The highest BCUT2D eigenvalue weighted by Crippen LogP contribution is 2.34. The second-order valence-electron chi connectivity index (χ2n) is 7.00. The van der Waals surface area contributed by atoms with Crippen molar-refractivity contribution in [2.45, 2.75) is 23.8 Å². The van der Waals surface area contributed by atoms with E-state index in [1.807, 2.05) is 47.8 Å². The fourth-order valence-corrected chi connectivity index (χ4v) is 5.20. The highest BCUT2D eigenvalue weighted by Gasteiger charge is 2.19. The first-order valence-electron chi connectivity index (χ1n) is 10.0. The van der Waals surface area contributed by atoms with Crippen LogP contribution in [0.2, 0.25) is 0 Å². The van der Waals surface area contributed by atoms with Gasteiger partial charge in [0.25, 0.3) is 5.91 Å². The molecule has 0 radical (unpaired) electrons. The quantitative estimate of drug-likeness (QED) is 0.461. The maximum atomic E-state index is 12.9. The van der Waals surface area contributed by atoms with Gasteiger partial charge in [0.05, 0.1) is 31.6 Å². The summed E-state index contributed by atoms with van der Waals surface area (Å²) in [6, 6.07) is 13.3. The maximum absolute atomic E-state index is 12.9. The van der Waals surface area contributed by atoms with Gasteiger partial charge in [-0.3, -0.25) is 10.1 Å². The first-order valence-corrected chi connectivity index (χ1v) is 11.9. The standard InChI is InChI=1S/C23H24N2O4S2/c1-27-19-10-9-15(12-20(19)28-2)18-14-31-23(24-18)25-22(26)17-7-3-4-8-21(17)30-13-16-6-5-11-29-16/h3-4,7-10,12,14,16H,5-6,11,13H2,1-2H3,(H,24,25,26). The monoisotopic (exact) mass is 456 g/mol. The molecule has 6 nitrogen and oxygen atoms in total. The van der Waals surface area contributed by atoms with Gasteiger partial charge in [0.15, 0.2) is 16.6 Å². The van der Waals surface area contributed by atoms with E-state index in [-0.39, 0.29) is 12.0 Å². The summed E-state index contributed by atoms with van der Waals surface area (Å²) in [6.45, 7) is 0.833. The lowest BCUT2D eigenvalue weighted by Crippen LogP contribution is -2.14. The summed E-state index contributed by atoms with van der Waals surface area (Å²) >= 11 is 3.05. The molecule has 0 spiro atoms. The average molecular weight is 457 g/mol. The van der Waals surface area contributed by atoms with E-state index >= 15 is 0 Å². The highest BCUT2D eigenvalue weighted by molar-refractivity contribution is 7.99. The van der Waals surface area contributed by atoms with Crippen LogP contribution in [0.3, 0.4) is 0 Å². The van der Waals surface area contributed by atoms with E-state index in [9.17, 15) is 4.79 Å². The van der Waals surface area contributed by atoms with E-state index in [1.165, 1.54) is 11.3 Å². The largest absolute Gasteiger partial charge is 0.493 e. The third-order valence-corrected chi connectivity index (χ3v) is 6.95. The van der Waals surface area contributed by atoms with Crippen molar-refractivity contribution in [2.24, 2.45) is 0 Å². The number of thioether (sulfide) groups is 1. The molecule has 3 aromatic rings. The van der Waals surface area contributed by atoms with E-state index in [2.05, 4.69) is 10.3 Å². The molecule has 162 valence electrons. The minimum Gasteiger partial charge on any atom is -0.493 e. The van der Waals surface area contributed by atoms with Gasteiger partial charge in [0.1, 0.15) is 0 Å².